The molecular formula is C22H25N4O4-. The van der Waals surface area contributed by atoms with Crippen LogP contribution in [0.4, 0.5) is 5.82 Å². The monoisotopic (exact) mass is 409 g/mol. The van der Waals surface area contributed by atoms with E-state index >= 15 is 0 Å². The van der Waals surface area contributed by atoms with E-state index in [1.807, 2.05) is 30.3 Å². The fourth-order valence-electron chi connectivity index (χ4n) is 3.57. The summed E-state index contributed by atoms with van der Waals surface area (Å²) in [5, 5.41) is 17.2. The Hall–Kier alpha value is -3.42. The summed E-state index contributed by atoms with van der Waals surface area (Å²) < 4.78 is 0. The lowest BCUT2D eigenvalue weighted by Crippen LogP contribution is -2.43. The third kappa shape index (κ3) is 5.79. The first-order valence-corrected chi connectivity index (χ1v) is 10.0. The van der Waals surface area contributed by atoms with Crippen molar-refractivity contribution >= 4 is 23.6 Å². The number of aromatic nitrogens is 1. The van der Waals surface area contributed by atoms with Gasteiger partial charge in [0.1, 0.15) is 5.82 Å². The topological polar surface area (TPSA) is 114 Å². The fraction of sp³-hybridized carbons (Fsp3) is 0.364. The second-order valence-corrected chi connectivity index (χ2v) is 7.18. The number of hydrogen-bond acceptors (Lipinski definition) is 6. The summed E-state index contributed by atoms with van der Waals surface area (Å²) in [6, 6.07) is 12.9. The van der Waals surface area contributed by atoms with Crippen LogP contribution in [0.15, 0.2) is 48.7 Å². The summed E-state index contributed by atoms with van der Waals surface area (Å²) in [4.78, 5) is 42.1. The van der Waals surface area contributed by atoms with E-state index in [2.05, 4.69) is 15.6 Å². The molecule has 158 valence electrons. The number of nitrogens with zero attached hydrogens (tertiary/aromatic N) is 2. The van der Waals surface area contributed by atoms with Crippen LogP contribution in [-0.2, 0) is 20.8 Å². The molecule has 2 N–H and O–H groups in total. The van der Waals surface area contributed by atoms with Crippen LogP contribution in [0.25, 0.3) is 0 Å². The third-order valence-corrected chi connectivity index (χ3v) is 5.04. The summed E-state index contributed by atoms with van der Waals surface area (Å²) >= 11 is 0. The molecule has 1 atom stereocenters. The second kappa shape index (κ2) is 10.4. The maximum absolute atomic E-state index is 13.0. The Morgan fingerprint density at radius 2 is 1.93 bits per heavy atom. The lowest BCUT2D eigenvalue weighted by Gasteiger charge is -2.24. The van der Waals surface area contributed by atoms with Gasteiger partial charge in [-0.05, 0) is 36.1 Å². The average molecular weight is 409 g/mol. The first kappa shape index (κ1) is 21.3. The molecule has 0 bridgehead atoms. The molecule has 1 aromatic carbocycles. The van der Waals surface area contributed by atoms with Crippen LogP contribution in [0.5, 0.6) is 0 Å². The number of carboxylic acid groups (broad SMARTS) is 1. The van der Waals surface area contributed by atoms with Crippen LogP contribution in [0, 0.1) is 0 Å². The normalized spacial score (nSPS) is 15.8. The van der Waals surface area contributed by atoms with Gasteiger partial charge in [-0.25, -0.2) is 4.98 Å². The lowest BCUT2D eigenvalue weighted by atomic mass is 9.91. The van der Waals surface area contributed by atoms with E-state index in [9.17, 15) is 19.5 Å². The summed E-state index contributed by atoms with van der Waals surface area (Å²) in [5.41, 5.74) is 1.64. The zero-order valence-electron chi connectivity index (χ0n) is 16.7. The molecule has 3 rings (SSSR count). The van der Waals surface area contributed by atoms with E-state index in [1.165, 1.54) is 4.90 Å². The molecule has 2 heterocycles. The Balaban J connectivity index is 1.51. The molecule has 0 saturated heterocycles. The highest BCUT2D eigenvalue weighted by molar-refractivity contribution is 5.91. The number of hydrogen-bond donors (Lipinski definition) is 2. The Morgan fingerprint density at radius 1 is 1.13 bits per heavy atom. The average Bonchev–Trinajstić information content (AvgIpc) is 2.86. The van der Waals surface area contributed by atoms with Gasteiger partial charge in [-0.3, -0.25) is 9.59 Å². The van der Waals surface area contributed by atoms with Gasteiger partial charge in [-0.1, -0.05) is 30.3 Å². The highest BCUT2D eigenvalue weighted by Gasteiger charge is 2.31. The van der Waals surface area contributed by atoms with E-state index in [0.717, 1.165) is 11.4 Å². The van der Waals surface area contributed by atoms with E-state index in [1.54, 1.807) is 18.3 Å². The first-order chi connectivity index (χ1) is 14.5. The molecule has 8 heteroatoms. The maximum Gasteiger partial charge on any atom is 0.239 e. The van der Waals surface area contributed by atoms with Crippen LogP contribution in [0.3, 0.4) is 0 Å². The van der Waals surface area contributed by atoms with Crippen molar-refractivity contribution in [1.82, 2.24) is 15.2 Å². The van der Waals surface area contributed by atoms with Crippen molar-refractivity contribution in [3.05, 3.63) is 59.8 Å². The molecule has 2 amide bonds. The number of nitrogens with one attached hydrogen (secondary N) is 2. The van der Waals surface area contributed by atoms with Crippen molar-refractivity contribution in [2.75, 3.05) is 31.5 Å². The van der Waals surface area contributed by atoms with Crippen molar-refractivity contribution in [1.29, 1.82) is 0 Å². The molecule has 30 heavy (non-hydrogen) atoms. The number of benzene rings is 1. The van der Waals surface area contributed by atoms with Crippen LogP contribution in [0.2, 0.25) is 0 Å². The van der Waals surface area contributed by atoms with Crippen molar-refractivity contribution in [2.24, 2.45) is 0 Å². The van der Waals surface area contributed by atoms with E-state index in [-0.39, 0.29) is 18.4 Å². The number of aliphatic carboxylic acids is 1. The fourth-order valence-corrected chi connectivity index (χ4v) is 3.57. The summed E-state index contributed by atoms with van der Waals surface area (Å²) in [6.45, 7) is 1.39. The van der Waals surface area contributed by atoms with Gasteiger partial charge in [0.2, 0.25) is 11.8 Å². The third-order valence-electron chi connectivity index (χ3n) is 5.04. The van der Waals surface area contributed by atoms with Crippen LogP contribution >= 0.6 is 0 Å². The predicted octanol–water partition coefficient (Wildman–Crippen LogP) is 0.308. The van der Waals surface area contributed by atoms with E-state index < -0.39 is 18.3 Å². The number of carboxylic acids is 1. The van der Waals surface area contributed by atoms with Gasteiger partial charge in [0.05, 0.1) is 12.5 Å². The molecule has 1 unspecified atom stereocenters. The minimum Gasteiger partial charge on any atom is -0.550 e. The van der Waals surface area contributed by atoms with Gasteiger partial charge in [0, 0.05) is 38.2 Å². The van der Waals surface area contributed by atoms with Crippen molar-refractivity contribution in [2.45, 2.75) is 25.2 Å². The van der Waals surface area contributed by atoms with Crippen LogP contribution < -0.4 is 15.7 Å². The Labute approximate surface area is 175 Å². The number of rotatable bonds is 9. The SMILES string of the molecule is O=C([O-])CC1C(=O)N(CC(=O)NCCCNc2ccccn2)CCc2ccccc21. The van der Waals surface area contributed by atoms with Crippen LogP contribution in [-0.4, -0.2) is 53.8 Å². The summed E-state index contributed by atoms with van der Waals surface area (Å²) in [6.07, 6.45) is 2.59. The molecule has 0 fully saturated rings. The number of pyridine rings is 1. The number of amides is 2. The highest BCUT2D eigenvalue weighted by atomic mass is 16.4. The van der Waals surface area contributed by atoms with Crippen molar-refractivity contribution in [3.63, 3.8) is 0 Å². The minimum absolute atomic E-state index is 0.0932. The molecule has 2 aromatic rings. The molecule has 1 aliphatic rings. The van der Waals surface area contributed by atoms with Gasteiger partial charge in [0.25, 0.3) is 0 Å². The maximum atomic E-state index is 13.0. The van der Waals surface area contributed by atoms with E-state index in [0.29, 0.717) is 38.0 Å². The van der Waals surface area contributed by atoms with Gasteiger partial charge in [-0.2, -0.15) is 0 Å². The Morgan fingerprint density at radius 3 is 2.70 bits per heavy atom. The summed E-state index contributed by atoms with van der Waals surface area (Å²) in [7, 11) is 0. The summed E-state index contributed by atoms with van der Waals surface area (Å²) in [5.74, 6) is -1.95. The van der Waals surface area contributed by atoms with Gasteiger partial charge < -0.3 is 25.4 Å². The number of carbonyl (C=O) groups is 3. The lowest BCUT2D eigenvalue weighted by molar-refractivity contribution is -0.306. The van der Waals surface area contributed by atoms with E-state index in [4.69, 9.17) is 0 Å². The molecule has 0 spiro atoms. The number of fused-ring (bicyclic) bond motifs is 1. The molecule has 0 aliphatic carbocycles. The molecule has 1 aromatic heterocycles. The molecule has 1 aliphatic heterocycles. The van der Waals surface area contributed by atoms with Crippen molar-refractivity contribution < 1.29 is 19.5 Å². The largest absolute Gasteiger partial charge is 0.550 e. The Kier molecular flexibility index (Phi) is 7.37. The predicted molar refractivity (Wildman–Crippen MR) is 109 cm³/mol. The number of anilines is 1. The molecule has 0 radical (unpaired) electrons. The zero-order chi connectivity index (χ0) is 21.3. The molecule has 8 nitrogen and oxygen atoms in total. The van der Waals surface area contributed by atoms with Gasteiger partial charge >= 0.3 is 0 Å². The standard InChI is InChI=1S/C22H26N4O4/c27-20(25-12-5-11-24-19-8-3-4-10-23-19)15-26-13-9-16-6-1-2-7-17(16)18(22(26)30)14-21(28)29/h1-4,6-8,10,18H,5,9,11-15H2,(H,23,24)(H,25,27)(H,28,29)/p-1. The quantitative estimate of drug-likeness (QED) is 0.576. The second-order valence-electron chi connectivity index (χ2n) is 7.18. The smallest absolute Gasteiger partial charge is 0.239 e. The number of carbonyl (C=O) groups excluding carboxylic acids is 3. The molecular weight excluding hydrogens is 384 g/mol. The molecule has 0 saturated carbocycles. The van der Waals surface area contributed by atoms with Gasteiger partial charge in [-0.15, -0.1) is 0 Å². The Bertz CT molecular complexity index is 888. The van der Waals surface area contributed by atoms with Gasteiger partial charge in [0.15, 0.2) is 0 Å². The van der Waals surface area contributed by atoms with Crippen LogP contribution in [0.1, 0.15) is 29.9 Å². The zero-order valence-corrected chi connectivity index (χ0v) is 16.7. The minimum atomic E-state index is -1.28. The first-order valence-electron chi connectivity index (χ1n) is 10.0. The highest BCUT2D eigenvalue weighted by Crippen LogP contribution is 2.29. The van der Waals surface area contributed by atoms with Crippen molar-refractivity contribution in [3.8, 4) is 0 Å².